The van der Waals surface area contributed by atoms with E-state index >= 15 is 0 Å². The molecule has 0 aliphatic carbocycles. The minimum Gasteiger partial charge on any atom is -0.454 e. The number of unbranched alkanes of at least 4 members (excludes halogenated alkanes) is 1. The number of rotatable bonds is 12. The standard InChI is InChI=1S/C18H23NO8/c1-3-5-10-17(21)27-16(4-2)15(20)12-25-18(22)14-9-7-6-8-13(14)11-26-19(23)24/h6-9,16H,3-5,10-12H2,1-2H3. The highest BCUT2D eigenvalue weighted by molar-refractivity contribution is 5.94. The van der Waals surface area contributed by atoms with Gasteiger partial charge in [0.1, 0.15) is 6.61 Å². The van der Waals surface area contributed by atoms with Crippen molar-refractivity contribution in [3.8, 4) is 0 Å². The fourth-order valence-corrected chi connectivity index (χ4v) is 2.19. The van der Waals surface area contributed by atoms with Crippen LogP contribution in [-0.4, -0.2) is 35.5 Å². The van der Waals surface area contributed by atoms with Crippen molar-refractivity contribution in [3.05, 3.63) is 45.5 Å². The van der Waals surface area contributed by atoms with Gasteiger partial charge in [-0.05, 0) is 24.5 Å². The van der Waals surface area contributed by atoms with E-state index in [-0.39, 0.29) is 24.0 Å². The second-order valence-electron chi connectivity index (χ2n) is 5.69. The van der Waals surface area contributed by atoms with Gasteiger partial charge < -0.3 is 14.3 Å². The normalized spacial score (nSPS) is 11.3. The van der Waals surface area contributed by atoms with Gasteiger partial charge >= 0.3 is 11.9 Å². The van der Waals surface area contributed by atoms with Crippen LogP contribution in [0, 0.1) is 10.1 Å². The number of ketones is 1. The van der Waals surface area contributed by atoms with E-state index in [0.717, 1.165) is 6.42 Å². The molecule has 0 bridgehead atoms. The number of hydrogen-bond acceptors (Lipinski definition) is 8. The molecule has 0 aliphatic heterocycles. The Bertz CT molecular complexity index is 673. The molecule has 0 aromatic heterocycles. The number of carbonyl (C=O) groups excluding carboxylic acids is 3. The molecule has 0 amide bonds. The highest BCUT2D eigenvalue weighted by Crippen LogP contribution is 2.12. The quantitative estimate of drug-likeness (QED) is 0.308. The minimum absolute atomic E-state index is 0.0557. The summed E-state index contributed by atoms with van der Waals surface area (Å²) < 4.78 is 10.1. The molecular weight excluding hydrogens is 358 g/mol. The average molecular weight is 381 g/mol. The fourth-order valence-electron chi connectivity index (χ4n) is 2.19. The first-order valence-electron chi connectivity index (χ1n) is 8.63. The Balaban J connectivity index is 2.63. The molecule has 1 atom stereocenters. The molecule has 0 N–H and O–H groups in total. The zero-order valence-corrected chi connectivity index (χ0v) is 15.3. The number of carbonyl (C=O) groups is 3. The summed E-state index contributed by atoms with van der Waals surface area (Å²) in [7, 11) is 0. The van der Waals surface area contributed by atoms with Crippen LogP contribution in [0.25, 0.3) is 0 Å². The van der Waals surface area contributed by atoms with Crippen molar-refractivity contribution < 1.29 is 33.8 Å². The molecule has 0 saturated carbocycles. The van der Waals surface area contributed by atoms with Gasteiger partial charge in [-0.25, -0.2) is 4.79 Å². The Morgan fingerprint density at radius 3 is 2.52 bits per heavy atom. The maximum atomic E-state index is 12.2. The van der Waals surface area contributed by atoms with Crippen molar-refractivity contribution >= 4 is 17.7 Å². The van der Waals surface area contributed by atoms with E-state index in [0.29, 0.717) is 6.42 Å². The summed E-state index contributed by atoms with van der Waals surface area (Å²) in [6, 6.07) is 6.03. The van der Waals surface area contributed by atoms with E-state index in [1.807, 2.05) is 6.92 Å². The van der Waals surface area contributed by atoms with Gasteiger partial charge in [0, 0.05) is 6.42 Å². The third-order valence-corrected chi connectivity index (χ3v) is 3.65. The van der Waals surface area contributed by atoms with Crippen molar-refractivity contribution in [2.75, 3.05) is 6.61 Å². The Hall–Kier alpha value is -2.97. The number of hydrogen-bond donors (Lipinski definition) is 0. The van der Waals surface area contributed by atoms with Crippen molar-refractivity contribution in [2.24, 2.45) is 0 Å². The Kier molecular flexibility index (Phi) is 9.49. The predicted octanol–water partition coefficient (Wildman–Crippen LogP) is 2.63. The molecule has 148 valence electrons. The second kappa shape index (κ2) is 11.6. The third-order valence-electron chi connectivity index (χ3n) is 3.65. The molecule has 9 nitrogen and oxygen atoms in total. The van der Waals surface area contributed by atoms with E-state index in [2.05, 4.69) is 4.84 Å². The van der Waals surface area contributed by atoms with E-state index < -0.39 is 42.1 Å². The first-order valence-corrected chi connectivity index (χ1v) is 8.63. The molecule has 1 aromatic rings. The molecule has 0 heterocycles. The maximum Gasteiger partial charge on any atom is 0.338 e. The van der Waals surface area contributed by atoms with Crippen LogP contribution >= 0.6 is 0 Å². The van der Waals surface area contributed by atoms with Gasteiger partial charge in [-0.15, -0.1) is 10.1 Å². The number of ether oxygens (including phenoxy) is 2. The van der Waals surface area contributed by atoms with Crippen LogP contribution in [0.5, 0.6) is 0 Å². The largest absolute Gasteiger partial charge is 0.454 e. The Labute approximate surface area is 156 Å². The topological polar surface area (TPSA) is 122 Å². The van der Waals surface area contributed by atoms with Crippen molar-refractivity contribution in [1.82, 2.24) is 0 Å². The molecule has 1 unspecified atom stereocenters. The summed E-state index contributed by atoms with van der Waals surface area (Å²) in [5, 5.41) is 9.34. The van der Waals surface area contributed by atoms with Gasteiger partial charge in [0.25, 0.3) is 5.09 Å². The third kappa shape index (κ3) is 7.85. The second-order valence-corrected chi connectivity index (χ2v) is 5.69. The van der Waals surface area contributed by atoms with Crippen molar-refractivity contribution in [2.45, 2.75) is 52.2 Å². The lowest BCUT2D eigenvalue weighted by atomic mass is 10.1. The Morgan fingerprint density at radius 2 is 1.89 bits per heavy atom. The molecule has 1 rings (SSSR count). The smallest absolute Gasteiger partial charge is 0.338 e. The molecule has 0 saturated heterocycles. The lowest BCUT2D eigenvalue weighted by molar-refractivity contribution is -0.763. The van der Waals surface area contributed by atoms with Crippen molar-refractivity contribution in [1.29, 1.82) is 0 Å². The number of Topliss-reactive ketones (excluding diaryl/α,β-unsaturated/α-hetero) is 1. The van der Waals surface area contributed by atoms with Gasteiger partial charge in [-0.1, -0.05) is 38.5 Å². The van der Waals surface area contributed by atoms with Gasteiger partial charge in [0.2, 0.25) is 5.78 Å². The molecule has 0 fully saturated rings. The zero-order valence-electron chi connectivity index (χ0n) is 15.3. The zero-order chi connectivity index (χ0) is 20.2. The molecule has 27 heavy (non-hydrogen) atoms. The molecule has 0 aliphatic rings. The number of nitrogens with zero attached hydrogens (tertiary/aromatic N) is 1. The maximum absolute atomic E-state index is 12.2. The first-order chi connectivity index (χ1) is 12.9. The highest BCUT2D eigenvalue weighted by Gasteiger charge is 2.23. The summed E-state index contributed by atoms with van der Waals surface area (Å²) in [5.74, 6) is -1.82. The SMILES string of the molecule is CCCCC(=O)OC(CC)C(=O)COC(=O)c1ccccc1CO[N+](=O)[O-]. The monoisotopic (exact) mass is 381 g/mol. The van der Waals surface area contributed by atoms with Crippen LogP contribution in [0.1, 0.15) is 55.5 Å². The molecule has 9 heteroatoms. The van der Waals surface area contributed by atoms with Gasteiger partial charge in [-0.3, -0.25) is 9.59 Å². The van der Waals surface area contributed by atoms with Crippen LogP contribution in [-0.2, 0) is 30.5 Å². The van der Waals surface area contributed by atoms with Gasteiger partial charge in [0.05, 0.1) is 5.56 Å². The van der Waals surface area contributed by atoms with E-state index in [1.54, 1.807) is 19.1 Å². The van der Waals surface area contributed by atoms with Crippen LogP contribution in [0.4, 0.5) is 0 Å². The fraction of sp³-hybridized carbons (Fsp3) is 0.500. The molecule has 0 radical (unpaired) electrons. The summed E-state index contributed by atoms with van der Waals surface area (Å²) in [5.41, 5.74) is 0.310. The highest BCUT2D eigenvalue weighted by atomic mass is 16.9. The lowest BCUT2D eigenvalue weighted by Gasteiger charge is -2.15. The molecule has 0 spiro atoms. The van der Waals surface area contributed by atoms with Crippen LogP contribution in [0.3, 0.4) is 0 Å². The average Bonchev–Trinajstić information content (AvgIpc) is 2.66. The Morgan fingerprint density at radius 1 is 1.19 bits per heavy atom. The van der Waals surface area contributed by atoms with Crippen LogP contribution < -0.4 is 0 Å². The van der Waals surface area contributed by atoms with Gasteiger partial charge in [-0.2, -0.15) is 0 Å². The summed E-state index contributed by atoms with van der Waals surface area (Å²) >= 11 is 0. The van der Waals surface area contributed by atoms with E-state index in [4.69, 9.17) is 9.47 Å². The van der Waals surface area contributed by atoms with Crippen LogP contribution in [0.15, 0.2) is 24.3 Å². The van der Waals surface area contributed by atoms with E-state index in [1.165, 1.54) is 12.1 Å². The molecular formula is C18H23NO8. The van der Waals surface area contributed by atoms with Crippen molar-refractivity contribution in [3.63, 3.8) is 0 Å². The number of esters is 2. The summed E-state index contributed by atoms with van der Waals surface area (Å²) in [6.45, 7) is 2.63. The van der Waals surface area contributed by atoms with Crippen LogP contribution in [0.2, 0.25) is 0 Å². The predicted molar refractivity (Wildman–Crippen MR) is 93.2 cm³/mol. The summed E-state index contributed by atoms with van der Waals surface area (Å²) in [4.78, 5) is 50.6. The minimum atomic E-state index is -0.977. The number of benzene rings is 1. The van der Waals surface area contributed by atoms with Gasteiger partial charge in [0.15, 0.2) is 12.7 Å². The molecule has 1 aromatic carbocycles. The van der Waals surface area contributed by atoms with E-state index in [9.17, 15) is 24.5 Å². The summed E-state index contributed by atoms with van der Waals surface area (Å²) in [6.07, 6.45) is 1.01. The first kappa shape index (κ1) is 22.1. The lowest BCUT2D eigenvalue weighted by Crippen LogP contribution is -2.31.